The summed E-state index contributed by atoms with van der Waals surface area (Å²) < 4.78 is 0. The van der Waals surface area contributed by atoms with Gasteiger partial charge in [0.15, 0.2) is 0 Å². The average Bonchev–Trinajstić information content (AvgIpc) is 2.04. The lowest BCUT2D eigenvalue weighted by Gasteiger charge is -2.10. The number of hydrogen-bond acceptors (Lipinski definition) is 1. The third-order valence-electron chi connectivity index (χ3n) is 1.96. The summed E-state index contributed by atoms with van der Waals surface area (Å²) in [5.74, 6) is 0.523. The molecular weight excluding hydrogens is 146 g/mol. The molecule has 0 heterocycles. The number of aliphatic imine (C=N–C) groups is 1. The summed E-state index contributed by atoms with van der Waals surface area (Å²) in [6.07, 6.45) is 7.93. The lowest BCUT2D eigenvalue weighted by molar-refractivity contribution is 0.788. The summed E-state index contributed by atoms with van der Waals surface area (Å²) in [4.78, 5) is 4.06. The molecule has 70 valence electrons. The van der Waals surface area contributed by atoms with Gasteiger partial charge in [-0.3, -0.25) is 0 Å². The van der Waals surface area contributed by atoms with Crippen LogP contribution >= 0.6 is 0 Å². The second-order valence-electron chi connectivity index (χ2n) is 3.13. The minimum Gasteiger partial charge on any atom is -0.300 e. The summed E-state index contributed by atoms with van der Waals surface area (Å²) in [5.41, 5.74) is 1.53. The van der Waals surface area contributed by atoms with Gasteiger partial charge in [-0.1, -0.05) is 38.8 Å². The van der Waals surface area contributed by atoms with Crippen LogP contribution in [0, 0.1) is 5.92 Å². The Hall–Kier alpha value is -0.590. The molecule has 0 aromatic heterocycles. The fourth-order valence-corrected chi connectivity index (χ4v) is 1.39. The highest BCUT2D eigenvalue weighted by Crippen LogP contribution is 2.15. The Labute approximate surface area is 76.6 Å². The van der Waals surface area contributed by atoms with Crippen molar-refractivity contribution in [3.05, 3.63) is 11.6 Å². The molecule has 0 amide bonds. The molecule has 0 spiro atoms. The molecule has 0 aliphatic rings. The first-order valence-corrected chi connectivity index (χ1v) is 4.87. The average molecular weight is 167 g/mol. The van der Waals surface area contributed by atoms with E-state index in [-0.39, 0.29) is 0 Å². The van der Waals surface area contributed by atoms with Crippen molar-refractivity contribution in [1.29, 1.82) is 0 Å². The third-order valence-corrected chi connectivity index (χ3v) is 1.96. The molecule has 0 saturated carbocycles. The highest BCUT2D eigenvalue weighted by Gasteiger charge is 2.03. The summed E-state index contributed by atoms with van der Waals surface area (Å²) in [7, 11) is 1.84. The molecule has 1 heteroatoms. The van der Waals surface area contributed by atoms with Gasteiger partial charge in [0.25, 0.3) is 0 Å². The fourth-order valence-electron chi connectivity index (χ4n) is 1.39. The Morgan fingerprint density at radius 3 is 2.50 bits per heavy atom. The van der Waals surface area contributed by atoms with Crippen molar-refractivity contribution in [3.63, 3.8) is 0 Å². The molecule has 12 heavy (non-hydrogen) atoms. The maximum absolute atomic E-state index is 4.06. The smallest absolute Gasteiger partial charge is 0.0273 e. The zero-order valence-corrected chi connectivity index (χ0v) is 8.80. The number of nitrogens with zero attached hydrogens (tertiary/aromatic N) is 1. The molecular formula is C11H21N. The van der Waals surface area contributed by atoms with Crippen LogP contribution in [0.25, 0.3) is 0 Å². The van der Waals surface area contributed by atoms with E-state index in [9.17, 15) is 0 Å². The molecule has 0 rings (SSSR count). The Kier molecular flexibility index (Phi) is 6.73. The summed E-state index contributed by atoms with van der Waals surface area (Å²) in [6.45, 7) is 6.62. The molecule has 0 N–H and O–H groups in total. The lowest BCUT2D eigenvalue weighted by atomic mass is 9.97. The van der Waals surface area contributed by atoms with Gasteiger partial charge >= 0.3 is 0 Å². The van der Waals surface area contributed by atoms with Gasteiger partial charge in [0.2, 0.25) is 0 Å². The normalized spacial score (nSPS) is 15.5. The molecule has 1 atom stereocenters. The fraction of sp³-hybridized carbons (Fsp3) is 0.727. The zero-order valence-electron chi connectivity index (χ0n) is 8.80. The van der Waals surface area contributed by atoms with E-state index < -0.39 is 0 Å². The van der Waals surface area contributed by atoms with Gasteiger partial charge in [0.1, 0.15) is 0 Å². The minimum atomic E-state index is 0.523. The second-order valence-corrected chi connectivity index (χ2v) is 3.13. The van der Waals surface area contributed by atoms with Crippen LogP contribution < -0.4 is 0 Å². The molecule has 0 radical (unpaired) electrons. The van der Waals surface area contributed by atoms with Gasteiger partial charge in [-0.25, -0.2) is 0 Å². The summed E-state index contributed by atoms with van der Waals surface area (Å²) >= 11 is 0. The van der Waals surface area contributed by atoms with Crippen LogP contribution in [0.5, 0.6) is 0 Å². The van der Waals surface area contributed by atoms with Gasteiger partial charge in [0.05, 0.1) is 0 Å². The van der Waals surface area contributed by atoms with Crippen molar-refractivity contribution in [2.24, 2.45) is 10.9 Å². The molecule has 0 aliphatic carbocycles. The maximum atomic E-state index is 4.06. The highest BCUT2D eigenvalue weighted by molar-refractivity contribution is 5.64. The van der Waals surface area contributed by atoms with Crippen LogP contribution in [0.3, 0.4) is 0 Å². The number of allylic oxidation sites excluding steroid dienone is 2. The Balaban J connectivity index is 4.18. The van der Waals surface area contributed by atoms with E-state index in [0.717, 1.165) is 6.42 Å². The van der Waals surface area contributed by atoms with E-state index in [4.69, 9.17) is 0 Å². The monoisotopic (exact) mass is 167 g/mol. The van der Waals surface area contributed by atoms with E-state index in [1.165, 1.54) is 18.4 Å². The van der Waals surface area contributed by atoms with Crippen LogP contribution in [-0.4, -0.2) is 13.3 Å². The van der Waals surface area contributed by atoms with E-state index in [1.54, 1.807) is 0 Å². The second kappa shape index (κ2) is 7.08. The Morgan fingerprint density at radius 2 is 2.08 bits per heavy atom. The maximum Gasteiger partial charge on any atom is 0.0273 e. The topological polar surface area (TPSA) is 12.4 Å². The van der Waals surface area contributed by atoms with Crippen molar-refractivity contribution < 1.29 is 0 Å². The van der Waals surface area contributed by atoms with Crippen LogP contribution in [-0.2, 0) is 0 Å². The largest absolute Gasteiger partial charge is 0.300 e. The number of rotatable bonds is 5. The van der Waals surface area contributed by atoms with Crippen molar-refractivity contribution >= 4 is 6.21 Å². The highest BCUT2D eigenvalue weighted by atomic mass is 14.6. The van der Waals surface area contributed by atoms with E-state index in [1.807, 2.05) is 13.3 Å². The summed E-state index contributed by atoms with van der Waals surface area (Å²) in [6, 6.07) is 0. The van der Waals surface area contributed by atoms with Gasteiger partial charge in [-0.05, 0) is 12.8 Å². The first-order chi connectivity index (χ1) is 5.76. The zero-order chi connectivity index (χ0) is 9.40. The quantitative estimate of drug-likeness (QED) is 0.439. The van der Waals surface area contributed by atoms with Crippen molar-refractivity contribution in [2.75, 3.05) is 7.05 Å². The van der Waals surface area contributed by atoms with Gasteiger partial charge < -0.3 is 4.99 Å². The minimum absolute atomic E-state index is 0.523. The van der Waals surface area contributed by atoms with E-state index >= 15 is 0 Å². The number of hydrogen-bond donors (Lipinski definition) is 0. The van der Waals surface area contributed by atoms with Gasteiger partial charge in [-0.15, -0.1) is 0 Å². The molecule has 1 nitrogen and oxygen atoms in total. The third kappa shape index (κ3) is 4.32. The van der Waals surface area contributed by atoms with Crippen molar-refractivity contribution in [3.8, 4) is 0 Å². The Bertz CT molecular complexity index is 156. The lowest BCUT2D eigenvalue weighted by Crippen LogP contribution is -2.00. The molecule has 0 aromatic carbocycles. The van der Waals surface area contributed by atoms with Gasteiger partial charge in [-0.2, -0.15) is 0 Å². The van der Waals surface area contributed by atoms with Crippen LogP contribution in [0.4, 0.5) is 0 Å². The molecule has 0 aromatic rings. The molecule has 0 fully saturated rings. The predicted octanol–water partition coefficient (Wildman–Crippen LogP) is 3.46. The summed E-state index contributed by atoms with van der Waals surface area (Å²) in [5, 5.41) is 0. The SMILES string of the molecule is CC/C=C(\CCC)C(C)/C=N/C. The predicted molar refractivity (Wildman–Crippen MR) is 56.9 cm³/mol. The van der Waals surface area contributed by atoms with Crippen molar-refractivity contribution in [1.82, 2.24) is 0 Å². The Morgan fingerprint density at radius 1 is 1.42 bits per heavy atom. The van der Waals surface area contributed by atoms with Crippen LogP contribution in [0.15, 0.2) is 16.6 Å². The van der Waals surface area contributed by atoms with Crippen LogP contribution in [0.2, 0.25) is 0 Å². The van der Waals surface area contributed by atoms with E-state index in [0.29, 0.717) is 5.92 Å². The first-order valence-electron chi connectivity index (χ1n) is 4.87. The van der Waals surface area contributed by atoms with Crippen molar-refractivity contribution in [2.45, 2.75) is 40.0 Å². The standard InChI is InChI=1S/C11H21N/c1-5-7-11(8-6-2)10(3)9-12-4/h7,9-10H,5-6,8H2,1-4H3/b11-7+,12-9+. The van der Waals surface area contributed by atoms with Gasteiger partial charge in [0, 0.05) is 19.2 Å². The molecule has 1 unspecified atom stereocenters. The van der Waals surface area contributed by atoms with Crippen LogP contribution in [0.1, 0.15) is 40.0 Å². The first kappa shape index (κ1) is 11.4. The molecule has 0 aliphatic heterocycles. The molecule has 0 saturated heterocycles. The molecule has 0 bridgehead atoms. The van der Waals surface area contributed by atoms with E-state index in [2.05, 4.69) is 31.8 Å².